The van der Waals surface area contributed by atoms with E-state index < -0.39 is 0 Å². The maximum atomic E-state index is 7.24. The molecule has 0 spiro atoms. The highest BCUT2D eigenvalue weighted by atomic mass is 16.3. The number of anilines is 6. The summed E-state index contributed by atoms with van der Waals surface area (Å²) in [4.78, 5) is 4.67. The molecule has 4 heterocycles. The van der Waals surface area contributed by atoms with Crippen LogP contribution in [-0.4, -0.2) is 0 Å². The highest BCUT2D eigenvalue weighted by molar-refractivity contribution is 6.23. The second-order valence-corrected chi connectivity index (χ2v) is 21.3. The quantitative estimate of drug-likeness (QED) is 0.151. The molecule has 0 unspecified atom stereocenters. The van der Waals surface area contributed by atoms with Crippen molar-refractivity contribution in [2.24, 2.45) is 0 Å². The van der Waals surface area contributed by atoms with Crippen molar-refractivity contribution in [3.63, 3.8) is 0 Å². The van der Waals surface area contributed by atoms with Crippen LogP contribution in [-0.2, 0) is 0 Å². The van der Waals surface area contributed by atoms with Crippen LogP contribution >= 0.6 is 0 Å². The molecule has 6 nitrogen and oxygen atoms in total. The van der Waals surface area contributed by atoms with Crippen molar-refractivity contribution in [2.75, 3.05) is 9.80 Å². The first-order valence-corrected chi connectivity index (χ1v) is 26.4. The number of fused-ring (bicyclic) bond motifs is 14. The van der Waals surface area contributed by atoms with Gasteiger partial charge >= 0.3 is 0 Å². The van der Waals surface area contributed by atoms with Gasteiger partial charge in [-0.1, -0.05) is 137 Å². The molecular formula is C70H52N2O4. The highest BCUT2D eigenvalue weighted by Crippen LogP contribution is 2.51. The second kappa shape index (κ2) is 16.6. The minimum Gasteiger partial charge on any atom is -0.456 e. The maximum Gasteiger partial charge on any atom is 0.159 e. The van der Waals surface area contributed by atoms with Crippen molar-refractivity contribution in [1.82, 2.24) is 0 Å². The minimum atomic E-state index is 0.138. The molecule has 0 fully saturated rings. The molecule has 0 atom stereocenters. The van der Waals surface area contributed by atoms with Gasteiger partial charge in [-0.15, -0.1) is 0 Å². The SMILES string of the molecule is Cc1ccc2c(oc3ccccc32)c1N(c1ccccc1)c1ccc2cc3c(cc2c1)oc1c(C(C)C)c2c(oc4cc5cc(N(c6ccccc6)c6c(C)ccc7c6oc6ccccc67)ccc5cc42)c(C(C)C)c13. The van der Waals surface area contributed by atoms with E-state index in [4.69, 9.17) is 17.7 Å². The summed E-state index contributed by atoms with van der Waals surface area (Å²) in [5.74, 6) is 0.276. The number of nitrogens with zero attached hydrogens (tertiary/aromatic N) is 2. The summed E-state index contributed by atoms with van der Waals surface area (Å²) >= 11 is 0. The van der Waals surface area contributed by atoms with E-state index in [1.165, 1.54) is 11.1 Å². The van der Waals surface area contributed by atoms with Crippen LogP contribution in [0.5, 0.6) is 0 Å². The molecule has 0 amide bonds. The summed E-state index contributed by atoms with van der Waals surface area (Å²) in [6.45, 7) is 13.4. The molecule has 0 saturated carbocycles. The van der Waals surface area contributed by atoms with E-state index in [-0.39, 0.29) is 11.8 Å². The van der Waals surface area contributed by atoms with Crippen molar-refractivity contribution < 1.29 is 17.7 Å². The molecule has 0 saturated heterocycles. The highest BCUT2D eigenvalue weighted by Gasteiger charge is 2.29. The van der Waals surface area contributed by atoms with Gasteiger partial charge in [0.05, 0.1) is 11.4 Å². The molecule has 0 aliphatic carbocycles. The number of benzene rings is 11. The predicted octanol–water partition coefficient (Wildman–Crippen LogP) is 21.4. The van der Waals surface area contributed by atoms with Gasteiger partial charge in [-0.25, -0.2) is 0 Å². The topological polar surface area (TPSA) is 59.0 Å². The van der Waals surface area contributed by atoms with Crippen molar-refractivity contribution in [1.29, 1.82) is 0 Å². The maximum absolute atomic E-state index is 7.24. The first-order valence-electron chi connectivity index (χ1n) is 26.4. The van der Waals surface area contributed by atoms with Gasteiger partial charge in [0.15, 0.2) is 11.2 Å². The Morgan fingerprint density at radius 1 is 0.303 bits per heavy atom. The summed E-state index contributed by atoms with van der Waals surface area (Å²) in [7, 11) is 0. The zero-order valence-electron chi connectivity index (χ0n) is 43.2. The Morgan fingerprint density at radius 2 is 0.697 bits per heavy atom. The predicted molar refractivity (Wildman–Crippen MR) is 318 cm³/mol. The summed E-state index contributed by atoms with van der Waals surface area (Å²) in [5, 5.41) is 13.3. The molecule has 6 heteroatoms. The van der Waals surface area contributed by atoms with E-state index in [0.29, 0.717) is 0 Å². The minimum absolute atomic E-state index is 0.138. The Labute approximate surface area is 438 Å². The molecular weight excluding hydrogens is 933 g/mol. The monoisotopic (exact) mass is 984 g/mol. The van der Waals surface area contributed by atoms with Gasteiger partial charge in [0, 0.05) is 77.0 Å². The standard InChI is InChI=1S/C70H52N2O4/c1-39(2)61-63-55-35-43-27-29-49(71(47-17-9-7-10-18-47)65-41(5)25-31-53-51-21-13-15-23-57(51)73-67(53)65)33-45(43)37-59(55)76-70(63)62(40(3)4)64-56-36-44-28-30-50(34-46(44)38-60(56)75-69(61)64)72(48-19-11-8-12-20-48)66-42(6)26-32-54-52-22-14-16-24-58(52)74-68(54)66/h7-40H,1-6H3. The normalized spacial score (nSPS) is 12.3. The van der Waals surface area contributed by atoms with E-state index in [9.17, 15) is 0 Å². The fourth-order valence-corrected chi connectivity index (χ4v) is 12.4. The number of furan rings is 4. The third kappa shape index (κ3) is 6.53. The van der Waals surface area contributed by atoms with Crippen LogP contribution in [0.3, 0.4) is 0 Å². The van der Waals surface area contributed by atoms with Crippen molar-refractivity contribution >= 4 is 143 Å². The Kier molecular flexibility index (Phi) is 9.68. The number of rotatable bonds is 8. The first-order chi connectivity index (χ1) is 37.2. The largest absolute Gasteiger partial charge is 0.456 e. The number of hydrogen-bond acceptors (Lipinski definition) is 6. The van der Waals surface area contributed by atoms with Crippen LogP contribution in [0.1, 0.15) is 61.8 Å². The van der Waals surface area contributed by atoms with Crippen LogP contribution in [0.25, 0.3) is 109 Å². The van der Waals surface area contributed by atoms with Gasteiger partial charge in [0.1, 0.15) is 33.5 Å². The molecule has 366 valence electrons. The zero-order valence-corrected chi connectivity index (χ0v) is 43.2. The number of hydrogen-bond donors (Lipinski definition) is 0. The first kappa shape index (κ1) is 44.2. The Hall–Kier alpha value is -9.26. The molecule has 15 aromatic rings. The van der Waals surface area contributed by atoms with Crippen molar-refractivity contribution in [3.8, 4) is 0 Å². The molecule has 11 aromatic carbocycles. The molecule has 76 heavy (non-hydrogen) atoms. The lowest BCUT2D eigenvalue weighted by Gasteiger charge is -2.27. The lowest BCUT2D eigenvalue weighted by atomic mass is 9.87. The van der Waals surface area contributed by atoms with E-state index in [1.807, 2.05) is 12.1 Å². The average molecular weight is 985 g/mol. The summed E-state index contributed by atoms with van der Waals surface area (Å²) in [6.07, 6.45) is 0. The molecule has 0 aliphatic rings. The van der Waals surface area contributed by atoms with E-state index in [0.717, 1.165) is 155 Å². The molecule has 0 bridgehead atoms. The molecule has 0 N–H and O–H groups in total. The summed E-state index contributed by atoms with van der Waals surface area (Å²) in [5.41, 5.74) is 17.9. The smallest absolute Gasteiger partial charge is 0.159 e. The van der Waals surface area contributed by atoms with E-state index >= 15 is 0 Å². The lowest BCUT2D eigenvalue weighted by Crippen LogP contribution is -2.11. The third-order valence-corrected chi connectivity index (χ3v) is 15.9. The van der Waals surface area contributed by atoms with Gasteiger partial charge in [-0.2, -0.15) is 0 Å². The number of para-hydroxylation sites is 4. The lowest BCUT2D eigenvalue weighted by molar-refractivity contribution is 0.649. The Morgan fingerprint density at radius 3 is 1.12 bits per heavy atom. The van der Waals surface area contributed by atoms with Crippen LogP contribution in [0.4, 0.5) is 34.1 Å². The van der Waals surface area contributed by atoms with E-state index in [2.05, 4.69) is 233 Å². The van der Waals surface area contributed by atoms with Crippen molar-refractivity contribution in [2.45, 2.75) is 53.4 Å². The molecule has 0 aliphatic heterocycles. The number of aryl methyl sites for hydroxylation is 2. The average Bonchev–Trinajstić information content (AvgIpc) is 4.39. The molecule has 0 radical (unpaired) electrons. The van der Waals surface area contributed by atoms with Gasteiger partial charge in [0.25, 0.3) is 0 Å². The van der Waals surface area contributed by atoms with Gasteiger partial charge in [-0.3, -0.25) is 0 Å². The second-order valence-electron chi connectivity index (χ2n) is 21.3. The zero-order chi connectivity index (χ0) is 51.1. The van der Waals surface area contributed by atoms with Gasteiger partial charge < -0.3 is 27.5 Å². The van der Waals surface area contributed by atoms with Crippen molar-refractivity contribution in [3.05, 3.63) is 216 Å². The van der Waals surface area contributed by atoms with Crippen LogP contribution in [0.15, 0.2) is 212 Å². The molecule has 15 rings (SSSR count). The van der Waals surface area contributed by atoms with Gasteiger partial charge in [0.2, 0.25) is 0 Å². The van der Waals surface area contributed by atoms with Crippen LogP contribution in [0, 0.1) is 13.8 Å². The van der Waals surface area contributed by atoms with Crippen LogP contribution in [0.2, 0.25) is 0 Å². The van der Waals surface area contributed by atoms with E-state index in [1.54, 1.807) is 0 Å². The Balaban J connectivity index is 0.907. The summed E-state index contributed by atoms with van der Waals surface area (Å²) in [6, 6.07) is 69.2. The third-order valence-electron chi connectivity index (χ3n) is 15.9. The molecule has 4 aromatic heterocycles. The fourth-order valence-electron chi connectivity index (χ4n) is 12.4. The van der Waals surface area contributed by atoms with Gasteiger partial charge in [-0.05, 0) is 143 Å². The Bertz CT molecular complexity index is 4550. The summed E-state index contributed by atoms with van der Waals surface area (Å²) < 4.78 is 27.9. The fraction of sp³-hybridized carbons (Fsp3) is 0.114. The van der Waals surface area contributed by atoms with Crippen LogP contribution < -0.4 is 9.80 Å².